The third kappa shape index (κ3) is 6.69. The van der Waals surface area contributed by atoms with Gasteiger partial charge in [0, 0.05) is 55.9 Å². The van der Waals surface area contributed by atoms with E-state index >= 15 is 0 Å². The number of rotatable bonds is 10. The summed E-state index contributed by atoms with van der Waals surface area (Å²) in [5.41, 5.74) is 4.70. The van der Waals surface area contributed by atoms with Crippen LogP contribution in [0.4, 0.5) is 8.78 Å². The summed E-state index contributed by atoms with van der Waals surface area (Å²) in [7, 11) is 0. The van der Waals surface area contributed by atoms with Crippen molar-refractivity contribution in [2.75, 3.05) is 19.6 Å². The lowest BCUT2D eigenvalue weighted by molar-refractivity contribution is -0.128. The van der Waals surface area contributed by atoms with Crippen molar-refractivity contribution in [1.29, 1.82) is 0 Å². The van der Waals surface area contributed by atoms with Crippen molar-refractivity contribution in [3.8, 4) is 0 Å². The first-order chi connectivity index (χ1) is 21.2. The number of carbonyl (C=O) groups excluding carboxylic acids is 1. The molecule has 5 nitrogen and oxygen atoms in total. The summed E-state index contributed by atoms with van der Waals surface area (Å²) in [5, 5.41) is 8.04. The van der Waals surface area contributed by atoms with Gasteiger partial charge in [0.05, 0.1) is 21.1 Å². The molecule has 232 valence electrons. The van der Waals surface area contributed by atoms with Crippen molar-refractivity contribution in [3.05, 3.63) is 109 Å². The summed E-state index contributed by atoms with van der Waals surface area (Å²) in [6.45, 7) is 5.11. The third-order valence-corrected chi connectivity index (χ3v) is 9.98. The van der Waals surface area contributed by atoms with Crippen molar-refractivity contribution in [2.45, 2.75) is 63.9 Å². The second-order valence-electron chi connectivity index (χ2n) is 11.9. The highest BCUT2D eigenvalue weighted by molar-refractivity contribution is 6.42. The van der Waals surface area contributed by atoms with Gasteiger partial charge in [-0.15, -0.1) is 0 Å². The molecule has 2 bridgehead atoms. The second kappa shape index (κ2) is 13.5. The topological polar surface area (TPSA) is 47.6 Å². The molecule has 3 aliphatic rings. The molecule has 1 amide bonds. The van der Waals surface area contributed by atoms with Gasteiger partial charge in [-0.25, -0.2) is 8.78 Å². The highest BCUT2D eigenvalue weighted by Crippen LogP contribution is 2.37. The van der Waals surface area contributed by atoms with Crippen molar-refractivity contribution >= 4 is 46.3 Å². The first-order valence-corrected chi connectivity index (χ1v) is 16.2. The molecule has 2 fully saturated rings. The maximum atomic E-state index is 14.6. The van der Waals surface area contributed by atoms with E-state index in [1.54, 1.807) is 6.07 Å². The van der Waals surface area contributed by atoms with Gasteiger partial charge in [-0.1, -0.05) is 78.1 Å². The van der Waals surface area contributed by atoms with Gasteiger partial charge in [-0.05, 0) is 66.3 Å². The number of carbonyl (C=O) groups is 1. The maximum absolute atomic E-state index is 14.6. The Balaban J connectivity index is 1.27. The van der Waals surface area contributed by atoms with Gasteiger partial charge in [0.1, 0.15) is 11.6 Å². The van der Waals surface area contributed by atoms with E-state index in [2.05, 4.69) is 22.8 Å². The summed E-state index contributed by atoms with van der Waals surface area (Å²) >= 11 is 18.8. The Labute approximate surface area is 272 Å². The second-order valence-corrected chi connectivity index (χ2v) is 13.1. The maximum Gasteiger partial charge on any atom is 0.252 e. The summed E-state index contributed by atoms with van der Waals surface area (Å²) in [6.07, 6.45) is 2.67. The summed E-state index contributed by atoms with van der Waals surface area (Å²) in [5.74, 6) is -1.29. The van der Waals surface area contributed by atoms with E-state index in [-0.39, 0.29) is 41.2 Å². The summed E-state index contributed by atoms with van der Waals surface area (Å²) in [6, 6.07) is 16.5. The Morgan fingerprint density at radius 3 is 2.43 bits per heavy atom. The highest BCUT2D eigenvalue weighted by Gasteiger charge is 2.41. The largest absolute Gasteiger partial charge is 0.331 e. The van der Waals surface area contributed by atoms with Crippen LogP contribution < -0.4 is 10.6 Å². The van der Waals surface area contributed by atoms with Crippen molar-refractivity contribution in [2.24, 2.45) is 0 Å². The van der Waals surface area contributed by atoms with E-state index in [9.17, 15) is 13.6 Å². The molecule has 1 saturated heterocycles. The van der Waals surface area contributed by atoms with Crippen LogP contribution in [0.25, 0.3) is 5.57 Å². The van der Waals surface area contributed by atoms with Gasteiger partial charge in [0.2, 0.25) is 0 Å². The minimum absolute atomic E-state index is 0.0292. The van der Waals surface area contributed by atoms with E-state index < -0.39 is 11.6 Å². The van der Waals surface area contributed by atoms with Crippen LogP contribution in [0.2, 0.25) is 15.1 Å². The van der Waals surface area contributed by atoms with Crippen LogP contribution in [0.15, 0.2) is 60.2 Å². The van der Waals surface area contributed by atoms with E-state index in [1.807, 2.05) is 41.0 Å². The molecule has 0 aromatic heterocycles. The Kier molecular flexibility index (Phi) is 9.62. The Bertz CT molecular complexity index is 1580. The summed E-state index contributed by atoms with van der Waals surface area (Å²) < 4.78 is 29.0. The van der Waals surface area contributed by atoms with Crippen LogP contribution >= 0.6 is 34.8 Å². The molecule has 3 aromatic rings. The van der Waals surface area contributed by atoms with Crippen LogP contribution in [-0.4, -0.2) is 53.5 Å². The minimum atomic E-state index is -0.714. The number of amides is 1. The Hall–Kier alpha value is -2.52. The molecular weight excluding hydrogens is 625 g/mol. The standard InChI is InChI=1S/C34H35Cl3F2N4O/c1-2-42(19-26-29(38)13-12-28(36)33(26)39)17-20-6-8-21(9-7-20)25-14-23-15-40-16-30(41-23)31(25)34(44)43(24-10-11-24)18-22-4-3-5-27(35)32(22)37/h3-9,12-13,23-24,30,40-41H,2,10-11,14-19H2,1H3/t23-,30+/m0/s1. The molecule has 2 aliphatic heterocycles. The van der Waals surface area contributed by atoms with E-state index in [0.717, 1.165) is 53.6 Å². The zero-order chi connectivity index (χ0) is 31.0. The van der Waals surface area contributed by atoms with Gasteiger partial charge in [-0.3, -0.25) is 9.69 Å². The fourth-order valence-electron chi connectivity index (χ4n) is 6.29. The molecule has 3 aromatic carbocycles. The highest BCUT2D eigenvalue weighted by atomic mass is 35.5. The van der Waals surface area contributed by atoms with Gasteiger partial charge < -0.3 is 15.5 Å². The summed E-state index contributed by atoms with van der Waals surface area (Å²) in [4.78, 5) is 18.3. The quantitative estimate of drug-likeness (QED) is 0.226. The molecule has 0 spiro atoms. The zero-order valence-corrected chi connectivity index (χ0v) is 26.8. The average molecular weight is 660 g/mol. The molecule has 0 radical (unpaired) electrons. The van der Waals surface area contributed by atoms with Crippen LogP contribution in [0.3, 0.4) is 0 Å². The number of fused-ring (bicyclic) bond motifs is 2. The molecule has 1 aliphatic carbocycles. The first kappa shape index (κ1) is 31.5. The molecule has 6 rings (SSSR count). The Morgan fingerprint density at radius 1 is 0.932 bits per heavy atom. The third-order valence-electron chi connectivity index (χ3n) is 8.83. The number of nitrogens with zero attached hydrogens (tertiary/aromatic N) is 2. The Morgan fingerprint density at radius 2 is 1.70 bits per heavy atom. The molecule has 2 heterocycles. The van der Waals surface area contributed by atoms with Gasteiger partial charge >= 0.3 is 0 Å². The average Bonchev–Trinajstić information content (AvgIpc) is 3.87. The van der Waals surface area contributed by atoms with Crippen LogP contribution in [0.5, 0.6) is 0 Å². The van der Waals surface area contributed by atoms with Crippen LogP contribution in [-0.2, 0) is 24.4 Å². The van der Waals surface area contributed by atoms with E-state index in [1.165, 1.54) is 12.1 Å². The number of hydrogen-bond acceptors (Lipinski definition) is 4. The molecule has 2 N–H and O–H groups in total. The molecule has 44 heavy (non-hydrogen) atoms. The SMILES string of the molecule is CCN(Cc1ccc(C2=C(C(=O)N(Cc3cccc(Cl)c3Cl)C3CC3)[C@H]3CNC[C@H](C2)N3)cc1)Cc1c(F)ccc(Cl)c1F. The smallest absolute Gasteiger partial charge is 0.252 e. The zero-order valence-electron chi connectivity index (χ0n) is 24.5. The van der Waals surface area contributed by atoms with E-state index in [4.69, 9.17) is 34.8 Å². The lowest BCUT2D eigenvalue weighted by Gasteiger charge is -2.41. The molecule has 2 atom stereocenters. The fourth-order valence-corrected chi connectivity index (χ4v) is 6.84. The number of benzene rings is 3. The van der Waals surface area contributed by atoms with Gasteiger partial charge in [0.15, 0.2) is 0 Å². The van der Waals surface area contributed by atoms with E-state index in [0.29, 0.717) is 36.2 Å². The molecule has 1 saturated carbocycles. The number of nitrogens with one attached hydrogen (secondary N) is 2. The lowest BCUT2D eigenvalue weighted by Crippen LogP contribution is -2.60. The normalized spacial score (nSPS) is 19.9. The van der Waals surface area contributed by atoms with Gasteiger partial charge in [-0.2, -0.15) is 0 Å². The molecule has 0 unspecified atom stereocenters. The predicted octanol–water partition coefficient (Wildman–Crippen LogP) is 7.23. The number of hydrogen-bond donors (Lipinski definition) is 2. The lowest BCUT2D eigenvalue weighted by atomic mass is 9.83. The minimum Gasteiger partial charge on any atom is -0.331 e. The van der Waals surface area contributed by atoms with Crippen molar-refractivity contribution in [1.82, 2.24) is 20.4 Å². The first-order valence-electron chi connectivity index (χ1n) is 15.1. The van der Waals surface area contributed by atoms with Crippen molar-refractivity contribution < 1.29 is 13.6 Å². The fraction of sp³-hybridized carbons (Fsp3) is 0.382. The predicted molar refractivity (Wildman–Crippen MR) is 173 cm³/mol. The molecule has 10 heteroatoms. The monoisotopic (exact) mass is 658 g/mol. The van der Waals surface area contributed by atoms with Crippen LogP contribution in [0.1, 0.15) is 48.4 Å². The number of piperazine rings is 1. The van der Waals surface area contributed by atoms with Crippen LogP contribution in [0, 0.1) is 11.6 Å². The van der Waals surface area contributed by atoms with Crippen molar-refractivity contribution in [3.63, 3.8) is 0 Å². The molecular formula is C34H35Cl3F2N4O. The van der Waals surface area contributed by atoms with Gasteiger partial charge in [0.25, 0.3) is 5.91 Å². The number of halogens is 5.